The lowest BCUT2D eigenvalue weighted by atomic mass is 10.2. The second-order valence-electron chi connectivity index (χ2n) is 4.39. The van der Waals surface area contributed by atoms with Crippen LogP contribution in [0.2, 0.25) is 0 Å². The zero-order chi connectivity index (χ0) is 13.8. The van der Waals surface area contributed by atoms with E-state index < -0.39 is 5.97 Å². The fourth-order valence-electron chi connectivity index (χ4n) is 1.93. The van der Waals surface area contributed by atoms with Gasteiger partial charge in [-0.2, -0.15) is 0 Å². The van der Waals surface area contributed by atoms with Crippen molar-refractivity contribution < 1.29 is 19.4 Å². The molecule has 2 unspecified atom stereocenters. The fourth-order valence-corrected chi connectivity index (χ4v) is 1.93. The van der Waals surface area contributed by atoms with Crippen LogP contribution in [0.1, 0.15) is 17.4 Å². The van der Waals surface area contributed by atoms with Gasteiger partial charge in [-0.25, -0.2) is 14.8 Å². The van der Waals surface area contributed by atoms with Crippen molar-refractivity contribution in [3.05, 3.63) is 18.1 Å². The van der Waals surface area contributed by atoms with Gasteiger partial charge in [-0.15, -0.1) is 0 Å². The molecule has 2 atom stereocenters. The number of aliphatic hydroxyl groups is 1. The molecule has 1 aliphatic heterocycles. The molecule has 1 aromatic heterocycles. The minimum atomic E-state index is -0.512. The van der Waals surface area contributed by atoms with E-state index in [4.69, 9.17) is 9.84 Å². The molecular weight excluding hydrogens is 250 g/mol. The summed E-state index contributed by atoms with van der Waals surface area (Å²) in [6.07, 6.45) is 2.69. The number of hydrogen-bond acceptors (Lipinski definition) is 7. The third-order valence-corrected chi connectivity index (χ3v) is 3.04. The Bertz CT molecular complexity index is 437. The number of esters is 1. The van der Waals surface area contributed by atoms with Crippen LogP contribution in [0.4, 0.5) is 5.82 Å². The number of nitrogens with zero attached hydrogens (tertiary/aromatic N) is 3. The first kappa shape index (κ1) is 13.7. The van der Waals surface area contributed by atoms with Gasteiger partial charge in [0.2, 0.25) is 0 Å². The Morgan fingerprint density at radius 3 is 2.95 bits per heavy atom. The molecule has 1 aliphatic rings. The van der Waals surface area contributed by atoms with Gasteiger partial charge >= 0.3 is 5.97 Å². The molecule has 0 aliphatic carbocycles. The molecule has 0 bridgehead atoms. The lowest BCUT2D eigenvalue weighted by Crippen LogP contribution is -2.50. The van der Waals surface area contributed by atoms with Crippen LogP contribution in [0.25, 0.3) is 0 Å². The minimum Gasteiger partial charge on any atom is -0.464 e. The fraction of sp³-hybridized carbons (Fsp3) is 0.583. The molecule has 1 saturated heterocycles. The smallest absolute Gasteiger partial charge is 0.358 e. The highest BCUT2D eigenvalue weighted by Crippen LogP contribution is 2.18. The van der Waals surface area contributed by atoms with Crippen molar-refractivity contribution in [2.45, 2.75) is 19.1 Å². The zero-order valence-corrected chi connectivity index (χ0v) is 10.9. The molecule has 7 nitrogen and oxygen atoms in total. The van der Waals surface area contributed by atoms with E-state index in [9.17, 15) is 4.79 Å². The average molecular weight is 267 g/mol. The van der Waals surface area contributed by atoms with E-state index in [2.05, 4.69) is 14.7 Å². The summed E-state index contributed by atoms with van der Waals surface area (Å²) < 4.78 is 10.0. The standard InChI is InChI=1S/C12H17N3O4/c1-8-7-19-9(6-16)5-15(8)11-4-13-10(3-14-11)12(17)18-2/h3-4,8-9,16H,5-7H2,1-2H3. The molecule has 1 N–H and O–H groups in total. The molecule has 2 rings (SSSR count). The predicted octanol–water partition coefficient (Wildman–Crippen LogP) is -0.151. The van der Waals surface area contributed by atoms with Gasteiger partial charge in [0, 0.05) is 6.54 Å². The summed E-state index contributed by atoms with van der Waals surface area (Å²) in [6, 6.07) is 0.140. The van der Waals surface area contributed by atoms with Crippen LogP contribution in [-0.2, 0) is 9.47 Å². The summed E-state index contributed by atoms with van der Waals surface area (Å²) >= 11 is 0. The van der Waals surface area contributed by atoms with Crippen LogP contribution < -0.4 is 4.90 Å². The third-order valence-electron chi connectivity index (χ3n) is 3.04. The minimum absolute atomic E-state index is 0.0309. The summed E-state index contributed by atoms with van der Waals surface area (Å²) in [7, 11) is 1.30. The van der Waals surface area contributed by atoms with Gasteiger partial charge in [-0.1, -0.05) is 0 Å². The maximum atomic E-state index is 11.3. The molecule has 1 aromatic rings. The molecule has 0 spiro atoms. The van der Waals surface area contributed by atoms with E-state index in [1.54, 1.807) is 0 Å². The van der Waals surface area contributed by atoms with Gasteiger partial charge in [0.1, 0.15) is 5.82 Å². The number of morpholine rings is 1. The molecule has 104 valence electrons. The SMILES string of the molecule is COC(=O)c1cnc(N2CC(CO)OCC2C)cn1. The van der Waals surface area contributed by atoms with E-state index >= 15 is 0 Å². The van der Waals surface area contributed by atoms with Gasteiger partial charge in [-0.05, 0) is 6.92 Å². The van der Waals surface area contributed by atoms with Crippen molar-refractivity contribution in [3.8, 4) is 0 Å². The topological polar surface area (TPSA) is 84.8 Å². The monoisotopic (exact) mass is 267 g/mol. The van der Waals surface area contributed by atoms with Crippen LogP contribution >= 0.6 is 0 Å². The van der Waals surface area contributed by atoms with Gasteiger partial charge in [0.05, 0.1) is 44.9 Å². The molecule has 2 heterocycles. The first-order valence-corrected chi connectivity index (χ1v) is 6.05. The van der Waals surface area contributed by atoms with Gasteiger partial charge < -0.3 is 19.5 Å². The summed E-state index contributed by atoms with van der Waals surface area (Å²) in [4.78, 5) is 21.5. The first-order chi connectivity index (χ1) is 9.15. The van der Waals surface area contributed by atoms with Crippen molar-refractivity contribution in [2.75, 3.05) is 31.8 Å². The summed E-state index contributed by atoms with van der Waals surface area (Å²) in [5.41, 5.74) is 0.172. The predicted molar refractivity (Wildman–Crippen MR) is 67.0 cm³/mol. The van der Waals surface area contributed by atoms with Crippen LogP contribution in [0, 0.1) is 0 Å². The Morgan fingerprint density at radius 1 is 1.58 bits per heavy atom. The Morgan fingerprint density at radius 2 is 2.37 bits per heavy atom. The number of aromatic nitrogens is 2. The van der Waals surface area contributed by atoms with Crippen molar-refractivity contribution >= 4 is 11.8 Å². The van der Waals surface area contributed by atoms with Crippen molar-refractivity contribution in [1.82, 2.24) is 9.97 Å². The number of rotatable bonds is 3. The Hall–Kier alpha value is -1.73. The Balaban J connectivity index is 2.14. The van der Waals surface area contributed by atoms with E-state index in [1.165, 1.54) is 19.5 Å². The van der Waals surface area contributed by atoms with Crippen molar-refractivity contribution in [1.29, 1.82) is 0 Å². The second kappa shape index (κ2) is 5.94. The number of carbonyl (C=O) groups is 1. The second-order valence-corrected chi connectivity index (χ2v) is 4.39. The molecule has 0 radical (unpaired) electrons. The largest absolute Gasteiger partial charge is 0.464 e. The van der Waals surface area contributed by atoms with Gasteiger partial charge in [0.15, 0.2) is 5.69 Å². The van der Waals surface area contributed by atoms with Crippen LogP contribution in [-0.4, -0.2) is 60.1 Å². The molecule has 7 heteroatoms. The Kier molecular flexibility index (Phi) is 4.28. The van der Waals surface area contributed by atoms with E-state index in [1.807, 2.05) is 11.8 Å². The lowest BCUT2D eigenvalue weighted by Gasteiger charge is -2.38. The summed E-state index contributed by atoms with van der Waals surface area (Å²) in [5, 5.41) is 9.14. The Labute approximate surface area is 111 Å². The van der Waals surface area contributed by atoms with E-state index in [0.29, 0.717) is 19.0 Å². The van der Waals surface area contributed by atoms with Gasteiger partial charge in [0.25, 0.3) is 0 Å². The highest BCUT2D eigenvalue weighted by atomic mass is 16.5. The molecule has 0 amide bonds. The van der Waals surface area contributed by atoms with E-state index in [-0.39, 0.29) is 24.4 Å². The van der Waals surface area contributed by atoms with Crippen molar-refractivity contribution in [3.63, 3.8) is 0 Å². The van der Waals surface area contributed by atoms with Crippen molar-refractivity contribution in [2.24, 2.45) is 0 Å². The maximum Gasteiger partial charge on any atom is 0.358 e. The third kappa shape index (κ3) is 2.99. The number of carbonyl (C=O) groups excluding carboxylic acids is 1. The first-order valence-electron chi connectivity index (χ1n) is 6.05. The molecular formula is C12H17N3O4. The zero-order valence-electron chi connectivity index (χ0n) is 10.9. The number of hydrogen-bond donors (Lipinski definition) is 1. The molecule has 1 fully saturated rings. The van der Waals surface area contributed by atoms with E-state index in [0.717, 1.165) is 0 Å². The quantitative estimate of drug-likeness (QED) is 0.762. The number of aliphatic hydroxyl groups excluding tert-OH is 1. The van der Waals surface area contributed by atoms with Crippen LogP contribution in [0.15, 0.2) is 12.4 Å². The van der Waals surface area contributed by atoms with Gasteiger partial charge in [-0.3, -0.25) is 0 Å². The summed E-state index contributed by atoms with van der Waals surface area (Å²) in [5.74, 6) is 0.143. The van der Waals surface area contributed by atoms with Crippen LogP contribution in [0.5, 0.6) is 0 Å². The molecule has 0 aromatic carbocycles. The highest BCUT2D eigenvalue weighted by Gasteiger charge is 2.26. The highest BCUT2D eigenvalue weighted by molar-refractivity contribution is 5.86. The van der Waals surface area contributed by atoms with Crippen LogP contribution in [0.3, 0.4) is 0 Å². The number of ether oxygens (including phenoxy) is 2. The molecule has 0 saturated carbocycles. The molecule has 19 heavy (non-hydrogen) atoms. The normalized spacial score (nSPS) is 23.2. The number of methoxy groups -OCH3 is 1. The maximum absolute atomic E-state index is 11.3. The summed E-state index contributed by atoms with van der Waals surface area (Å²) in [6.45, 7) is 3.04. The number of anilines is 1. The lowest BCUT2D eigenvalue weighted by molar-refractivity contribution is -0.0106. The average Bonchev–Trinajstić information content (AvgIpc) is 2.47.